The van der Waals surface area contributed by atoms with Crippen molar-refractivity contribution >= 4 is 23.7 Å². The summed E-state index contributed by atoms with van der Waals surface area (Å²) in [6, 6.07) is 11.2. The van der Waals surface area contributed by atoms with Crippen LogP contribution in [0.5, 0.6) is 11.5 Å². The number of thioether (sulfide) groups is 1. The minimum Gasteiger partial charge on any atom is -0.493 e. The molecule has 0 amide bonds. The van der Waals surface area contributed by atoms with E-state index in [4.69, 9.17) is 14.2 Å². The van der Waals surface area contributed by atoms with Crippen LogP contribution in [0, 0.1) is 5.82 Å². The van der Waals surface area contributed by atoms with Gasteiger partial charge in [-0.15, -0.1) is 5.10 Å². The number of fused-ring (bicyclic) bond motifs is 1. The summed E-state index contributed by atoms with van der Waals surface area (Å²) in [6.07, 6.45) is 0. The van der Waals surface area contributed by atoms with E-state index in [-0.39, 0.29) is 19.0 Å². The van der Waals surface area contributed by atoms with Crippen LogP contribution < -0.4 is 14.8 Å². The van der Waals surface area contributed by atoms with Crippen LogP contribution in [-0.4, -0.2) is 40.2 Å². The number of nitrogens with one attached hydrogen (secondary N) is 1. The highest BCUT2D eigenvalue weighted by Crippen LogP contribution is 2.40. The zero-order valence-electron chi connectivity index (χ0n) is 20.0. The van der Waals surface area contributed by atoms with Crippen molar-refractivity contribution in [2.75, 3.05) is 24.8 Å². The molecule has 0 fully saturated rings. The van der Waals surface area contributed by atoms with E-state index >= 15 is 0 Å². The number of allylic oxidation sites excluding steroid dienone is 1. The molecule has 1 aliphatic heterocycles. The SMILES string of the molecule is CCOC(=O)C1=C(C)Nc2nc(SCC)nn2C1c1ccc(OCc2ccccc2F)c(OC)c1. The predicted molar refractivity (Wildman–Crippen MR) is 131 cm³/mol. The predicted octanol–water partition coefficient (Wildman–Crippen LogP) is 4.97. The van der Waals surface area contributed by atoms with Gasteiger partial charge < -0.3 is 19.5 Å². The number of esters is 1. The highest BCUT2D eigenvalue weighted by atomic mass is 32.2. The quantitative estimate of drug-likeness (QED) is 0.327. The van der Waals surface area contributed by atoms with Crippen molar-refractivity contribution in [3.05, 3.63) is 70.7 Å². The van der Waals surface area contributed by atoms with E-state index in [0.29, 0.717) is 39.4 Å². The number of nitrogens with zero attached hydrogens (tertiary/aromatic N) is 3. The highest BCUT2D eigenvalue weighted by molar-refractivity contribution is 7.99. The Morgan fingerprint density at radius 3 is 2.71 bits per heavy atom. The molecule has 1 aromatic heterocycles. The van der Waals surface area contributed by atoms with Crippen LogP contribution >= 0.6 is 11.8 Å². The second-order valence-corrected chi connectivity index (χ2v) is 8.90. The summed E-state index contributed by atoms with van der Waals surface area (Å²) in [5.74, 6) is 1.48. The van der Waals surface area contributed by atoms with Gasteiger partial charge in [-0.05, 0) is 43.4 Å². The Labute approximate surface area is 207 Å². The zero-order chi connectivity index (χ0) is 24.9. The van der Waals surface area contributed by atoms with Gasteiger partial charge in [-0.3, -0.25) is 0 Å². The lowest BCUT2D eigenvalue weighted by molar-refractivity contribution is -0.139. The van der Waals surface area contributed by atoms with E-state index in [2.05, 4.69) is 15.4 Å². The highest BCUT2D eigenvalue weighted by Gasteiger charge is 2.35. The van der Waals surface area contributed by atoms with Crippen LogP contribution in [0.1, 0.15) is 37.9 Å². The average Bonchev–Trinajstić information content (AvgIpc) is 3.24. The lowest BCUT2D eigenvalue weighted by Crippen LogP contribution is -2.29. The van der Waals surface area contributed by atoms with Crippen LogP contribution in [0.4, 0.5) is 10.3 Å². The normalized spacial score (nSPS) is 14.8. The molecule has 0 saturated heterocycles. The molecule has 8 nitrogen and oxygen atoms in total. The average molecular weight is 499 g/mol. The van der Waals surface area contributed by atoms with Gasteiger partial charge in [0.05, 0.1) is 19.3 Å². The fourth-order valence-corrected chi connectivity index (χ4v) is 4.40. The first-order valence-corrected chi connectivity index (χ1v) is 12.2. The lowest BCUT2D eigenvalue weighted by atomic mass is 9.95. The minimum absolute atomic E-state index is 0.0492. The van der Waals surface area contributed by atoms with E-state index in [1.807, 2.05) is 19.9 Å². The molecule has 1 atom stereocenters. The summed E-state index contributed by atoms with van der Waals surface area (Å²) >= 11 is 1.51. The van der Waals surface area contributed by atoms with Crippen LogP contribution in [0.15, 0.2) is 58.9 Å². The van der Waals surface area contributed by atoms with Gasteiger partial charge in [-0.1, -0.05) is 43.0 Å². The number of hydrogen-bond acceptors (Lipinski definition) is 8. The molecule has 10 heteroatoms. The summed E-state index contributed by atoms with van der Waals surface area (Å²) in [5.41, 5.74) is 2.25. The van der Waals surface area contributed by atoms with Crippen molar-refractivity contribution in [2.24, 2.45) is 0 Å². The number of hydrogen-bond donors (Lipinski definition) is 1. The number of carbonyl (C=O) groups excluding carboxylic acids is 1. The minimum atomic E-state index is -0.585. The summed E-state index contributed by atoms with van der Waals surface area (Å²) in [7, 11) is 1.53. The van der Waals surface area contributed by atoms with Crippen LogP contribution in [0.2, 0.25) is 0 Å². The van der Waals surface area contributed by atoms with Gasteiger partial charge in [-0.25, -0.2) is 13.9 Å². The third-order valence-electron chi connectivity index (χ3n) is 5.45. The molecule has 2 heterocycles. The molecular weight excluding hydrogens is 471 g/mol. The van der Waals surface area contributed by atoms with Crippen LogP contribution in [0.3, 0.4) is 0 Å². The van der Waals surface area contributed by atoms with Gasteiger partial charge in [0.1, 0.15) is 18.5 Å². The maximum absolute atomic E-state index is 14.0. The fraction of sp³-hybridized carbons (Fsp3) is 0.320. The molecule has 0 spiro atoms. The molecule has 0 aliphatic carbocycles. The number of methoxy groups -OCH3 is 1. The second-order valence-electron chi connectivity index (χ2n) is 7.67. The molecule has 1 N–H and O–H groups in total. The Morgan fingerprint density at radius 2 is 2.00 bits per heavy atom. The van der Waals surface area contributed by atoms with Crippen molar-refractivity contribution in [2.45, 2.75) is 38.6 Å². The first-order chi connectivity index (χ1) is 17.0. The van der Waals surface area contributed by atoms with Crippen molar-refractivity contribution in [1.29, 1.82) is 0 Å². The summed E-state index contributed by atoms with van der Waals surface area (Å²) in [6.45, 7) is 5.89. The summed E-state index contributed by atoms with van der Waals surface area (Å²) in [4.78, 5) is 17.5. The summed E-state index contributed by atoms with van der Waals surface area (Å²) < 4.78 is 32.5. The number of carbonyl (C=O) groups is 1. The molecular formula is C25H27FN4O4S. The topological polar surface area (TPSA) is 87.5 Å². The number of aromatic nitrogens is 3. The molecule has 35 heavy (non-hydrogen) atoms. The van der Waals surface area contributed by atoms with Crippen molar-refractivity contribution in [1.82, 2.24) is 14.8 Å². The Hall–Kier alpha value is -3.53. The van der Waals surface area contributed by atoms with Gasteiger partial charge in [-0.2, -0.15) is 4.98 Å². The van der Waals surface area contributed by atoms with E-state index in [0.717, 1.165) is 11.3 Å². The number of rotatable bonds is 9. The number of ether oxygens (including phenoxy) is 3. The maximum atomic E-state index is 14.0. The first-order valence-electron chi connectivity index (χ1n) is 11.2. The summed E-state index contributed by atoms with van der Waals surface area (Å²) in [5, 5.41) is 8.42. The number of anilines is 1. The van der Waals surface area contributed by atoms with Gasteiger partial charge >= 0.3 is 5.97 Å². The molecule has 0 saturated carbocycles. The van der Waals surface area contributed by atoms with E-state index in [1.54, 1.807) is 41.9 Å². The van der Waals surface area contributed by atoms with Crippen molar-refractivity contribution in [3.8, 4) is 11.5 Å². The van der Waals surface area contributed by atoms with Crippen molar-refractivity contribution in [3.63, 3.8) is 0 Å². The molecule has 1 unspecified atom stereocenters. The molecule has 3 aromatic rings. The maximum Gasteiger partial charge on any atom is 0.338 e. The standard InChI is InChI=1S/C25H27FN4O4S/c1-5-33-23(31)21-15(3)27-24-28-25(35-6-2)29-30(24)22(21)16-11-12-19(20(13-16)32-4)34-14-17-9-7-8-10-18(17)26/h7-13,22H,5-6,14H2,1-4H3,(H,27,28,29). The Balaban J connectivity index is 1.72. The van der Waals surface area contributed by atoms with Crippen molar-refractivity contribution < 1.29 is 23.4 Å². The van der Waals surface area contributed by atoms with E-state index in [1.165, 1.54) is 24.9 Å². The van der Waals surface area contributed by atoms with Gasteiger partial charge in [0.2, 0.25) is 11.1 Å². The van der Waals surface area contributed by atoms with Gasteiger partial charge in [0.15, 0.2) is 11.5 Å². The Bertz CT molecular complexity index is 1260. The first kappa shape index (κ1) is 24.6. The third kappa shape index (κ3) is 5.12. The lowest BCUT2D eigenvalue weighted by Gasteiger charge is -2.28. The fourth-order valence-electron chi connectivity index (χ4n) is 3.85. The number of benzene rings is 2. The van der Waals surface area contributed by atoms with Gasteiger partial charge in [0, 0.05) is 11.3 Å². The Morgan fingerprint density at radius 1 is 1.20 bits per heavy atom. The second kappa shape index (κ2) is 10.8. The Kier molecular flexibility index (Phi) is 7.60. The molecule has 1 aliphatic rings. The molecule has 0 radical (unpaired) electrons. The molecule has 0 bridgehead atoms. The van der Waals surface area contributed by atoms with Gasteiger partial charge in [0.25, 0.3) is 0 Å². The molecule has 4 rings (SSSR count). The smallest absolute Gasteiger partial charge is 0.338 e. The molecule has 2 aromatic carbocycles. The molecule has 184 valence electrons. The third-order valence-corrected chi connectivity index (χ3v) is 6.17. The monoisotopic (exact) mass is 498 g/mol. The van der Waals surface area contributed by atoms with Crippen LogP contribution in [-0.2, 0) is 16.1 Å². The van der Waals surface area contributed by atoms with E-state index < -0.39 is 12.0 Å². The number of halogens is 1. The zero-order valence-corrected chi connectivity index (χ0v) is 20.8. The largest absolute Gasteiger partial charge is 0.493 e. The van der Waals surface area contributed by atoms with Crippen LogP contribution in [0.25, 0.3) is 0 Å². The van der Waals surface area contributed by atoms with E-state index in [9.17, 15) is 9.18 Å².